The first-order chi connectivity index (χ1) is 8.90. The number of anilines is 1. The van der Waals surface area contributed by atoms with Crippen molar-refractivity contribution in [2.24, 2.45) is 0 Å². The van der Waals surface area contributed by atoms with Gasteiger partial charge >= 0.3 is 6.18 Å². The minimum absolute atomic E-state index is 0.0375. The molecule has 0 unspecified atom stereocenters. The quantitative estimate of drug-likeness (QED) is 0.611. The second kappa shape index (κ2) is 7.64. The van der Waals surface area contributed by atoms with Crippen LogP contribution in [0, 0.1) is 0 Å². The summed E-state index contributed by atoms with van der Waals surface area (Å²) in [6.45, 7) is 1.00. The number of alkyl halides is 3. The maximum atomic E-state index is 11.8. The molecular formula is C11H15BrF3N3O. The van der Waals surface area contributed by atoms with E-state index in [1.165, 1.54) is 0 Å². The fourth-order valence-corrected chi connectivity index (χ4v) is 1.75. The van der Waals surface area contributed by atoms with Crippen molar-refractivity contribution < 1.29 is 17.9 Å². The van der Waals surface area contributed by atoms with Crippen LogP contribution < -0.4 is 5.32 Å². The minimum atomic E-state index is -4.29. The first kappa shape index (κ1) is 16.2. The Morgan fingerprint density at radius 3 is 2.74 bits per heavy atom. The van der Waals surface area contributed by atoms with Crippen molar-refractivity contribution in [3.63, 3.8) is 0 Å². The Labute approximate surface area is 117 Å². The average Bonchev–Trinajstić information content (AvgIpc) is 2.26. The molecule has 0 bridgehead atoms. The van der Waals surface area contributed by atoms with Gasteiger partial charge in [-0.3, -0.25) is 0 Å². The standard InChI is InChI=1S/C11H15BrF3N3O/c1-2-3-9-17-8(12)6-10(18-9)16-4-5-19-7-11(13,14)15/h6H,2-5,7H2,1H3,(H,16,17,18). The predicted octanol–water partition coefficient (Wildman–Crippen LogP) is 3.18. The summed E-state index contributed by atoms with van der Waals surface area (Å²) < 4.78 is 40.6. The zero-order valence-electron chi connectivity index (χ0n) is 10.4. The van der Waals surface area contributed by atoms with E-state index in [-0.39, 0.29) is 13.2 Å². The van der Waals surface area contributed by atoms with E-state index in [4.69, 9.17) is 0 Å². The molecule has 4 nitrogen and oxygen atoms in total. The van der Waals surface area contributed by atoms with Crippen LogP contribution in [0.4, 0.5) is 19.0 Å². The highest BCUT2D eigenvalue weighted by Crippen LogP contribution is 2.15. The van der Waals surface area contributed by atoms with Crippen LogP contribution in [-0.4, -0.2) is 35.9 Å². The molecule has 0 spiro atoms. The maximum Gasteiger partial charge on any atom is 0.411 e. The van der Waals surface area contributed by atoms with Gasteiger partial charge in [0.15, 0.2) is 0 Å². The molecule has 1 rings (SSSR count). The first-order valence-corrected chi connectivity index (χ1v) is 6.62. The van der Waals surface area contributed by atoms with Crippen molar-refractivity contribution in [2.75, 3.05) is 25.1 Å². The first-order valence-electron chi connectivity index (χ1n) is 5.82. The Kier molecular flexibility index (Phi) is 6.50. The summed E-state index contributed by atoms with van der Waals surface area (Å²) in [4.78, 5) is 8.43. The van der Waals surface area contributed by atoms with Crippen molar-refractivity contribution in [1.29, 1.82) is 0 Å². The van der Waals surface area contributed by atoms with E-state index in [9.17, 15) is 13.2 Å². The number of hydrogen-bond donors (Lipinski definition) is 1. The van der Waals surface area contributed by atoms with E-state index in [1.807, 2.05) is 6.92 Å². The van der Waals surface area contributed by atoms with Crippen LogP contribution >= 0.6 is 15.9 Å². The van der Waals surface area contributed by atoms with Gasteiger partial charge in [-0.2, -0.15) is 13.2 Å². The van der Waals surface area contributed by atoms with Crippen molar-refractivity contribution in [1.82, 2.24) is 9.97 Å². The molecule has 1 aromatic heterocycles. The Bertz CT molecular complexity index is 401. The molecule has 0 aliphatic carbocycles. The molecule has 0 aliphatic rings. The van der Waals surface area contributed by atoms with Crippen LogP contribution in [0.15, 0.2) is 10.7 Å². The zero-order valence-corrected chi connectivity index (χ0v) is 12.0. The molecule has 0 saturated carbocycles. The van der Waals surface area contributed by atoms with Gasteiger partial charge in [0.1, 0.15) is 22.9 Å². The molecule has 1 aromatic rings. The second-order valence-corrected chi connectivity index (χ2v) is 4.65. The Morgan fingerprint density at radius 1 is 1.37 bits per heavy atom. The lowest BCUT2D eigenvalue weighted by atomic mass is 10.3. The zero-order chi connectivity index (χ0) is 14.3. The molecule has 108 valence electrons. The summed E-state index contributed by atoms with van der Waals surface area (Å²) in [6, 6.07) is 1.67. The van der Waals surface area contributed by atoms with Crippen LogP contribution in [0.5, 0.6) is 0 Å². The lowest BCUT2D eigenvalue weighted by Crippen LogP contribution is -2.20. The van der Waals surface area contributed by atoms with Gasteiger partial charge in [-0.1, -0.05) is 6.92 Å². The number of nitrogens with zero attached hydrogens (tertiary/aromatic N) is 2. The highest BCUT2D eigenvalue weighted by atomic mass is 79.9. The molecule has 0 amide bonds. The summed E-state index contributed by atoms with van der Waals surface area (Å²) in [6.07, 6.45) is -2.62. The Hall–Kier alpha value is -0.890. The molecule has 8 heteroatoms. The van der Waals surface area contributed by atoms with E-state index in [0.29, 0.717) is 16.2 Å². The highest BCUT2D eigenvalue weighted by Gasteiger charge is 2.27. The third-order valence-corrected chi connectivity index (χ3v) is 2.44. The number of aromatic nitrogens is 2. The minimum Gasteiger partial charge on any atom is -0.370 e. The van der Waals surface area contributed by atoms with Crippen LogP contribution in [-0.2, 0) is 11.2 Å². The molecular weight excluding hydrogens is 327 g/mol. The van der Waals surface area contributed by atoms with Gasteiger partial charge in [-0.15, -0.1) is 0 Å². The van der Waals surface area contributed by atoms with Crippen LogP contribution in [0.25, 0.3) is 0 Å². The summed E-state index contributed by atoms with van der Waals surface area (Å²) >= 11 is 3.26. The summed E-state index contributed by atoms with van der Waals surface area (Å²) in [5, 5.41) is 2.90. The van der Waals surface area contributed by atoms with E-state index >= 15 is 0 Å². The molecule has 0 fully saturated rings. The highest BCUT2D eigenvalue weighted by molar-refractivity contribution is 9.10. The molecule has 0 saturated heterocycles. The number of nitrogens with one attached hydrogen (secondary N) is 1. The topological polar surface area (TPSA) is 47.0 Å². The molecule has 0 aromatic carbocycles. The normalized spacial score (nSPS) is 11.6. The third-order valence-electron chi connectivity index (χ3n) is 2.03. The number of hydrogen-bond acceptors (Lipinski definition) is 4. The van der Waals surface area contributed by atoms with Crippen molar-refractivity contribution in [2.45, 2.75) is 25.9 Å². The fraction of sp³-hybridized carbons (Fsp3) is 0.636. The monoisotopic (exact) mass is 341 g/mol. The lowest BCUT2D eigenvalue weighted by molar-refractivity contribution is -0.172. The molecule has 1 N–H and O–H groups in total. The van der Waals surface area contributed by atoms with Crippen LogP contribution in [0.3, 0.4) is 0 Å². The molecule has 1 heterocycles. The van der Waals surface area contributed by atoms with Gasteiger partial charge in [-0.25, -0.2) is 9.97 Å². The number of aryl methyl sites for hydroxylation is 1. The largest absolute Gasteiger partial charge is 0.411 e. The smallest absolute Gasteiger partial charge is 0.370 e. The van der Waals surface area contributed by atoms with Gasteiger partial charge in [0.25, 0.3) is 0 Å². The van der Waals surface area contributed by atoms with Gasteiger partial charge in [0.05, 0.1) is 6.61 Å². The van der Waals surface area contributed by atoms with E-state index in [2.05, 4.69) is 36.0 Å². The van der Waals surface area contributed by atoms with E-state index in [0.717, 1.165) is 12.8 Å². The van der Waals surface area contributed by atoms with Crippen molar-refractivity contribution in [3.8, 4) is 0 Å². The van der Waals surface area contributed by atoms with Crippen molar-refractivity contribution >= 4 is 21.7 Å². The van der Waals surface area contributed by atoms with Gasteiger partial charge < -0.3 is 10.1 Å². The summed E-state index contributed by atoms with van der Waals surface area (Å²) in [7, 11) is 0. The molecule has 19 heavy (non-hydrogen) atoms. The number of rotatable bonds is 7. The SMILES string of the molecule is CCCc1nc(Br)cc(NCCOCC(F)(F)F)n1. The lowest BCUT2D eigenvalue weighted by Gasteiger charge is -2.09. The molecule has 0 radical (unpaired) electrons. The number of halogens is 4. The molecule has 0 aliphatic heterocycles. The number of ether oxygens (including phenoxy) is 1. The van der Waals surface area contributed by atoms with Crippen LogP contribution in [0.2, 0.25) is 0 Å². The molecule has 0 atom stereocenters. The second-order valence-electron chi connectivity index (χ2n) is 3.84. The maximum absolute atomic E-state index is 11.8. The summed E-state index contributed by atoms with van der Waals surface area (Å²) in [5.74, 6) is 1.26. The van der Waals surface area contributed by atoms with E-state index in [1.54, 1.807) is 6.07 Å². The van der Waals surface area contributed by atoms with Crippen LogP contribution in [0.1, 0.15) is 19.2 Å². The van der Waals surface area contributed by atoms with E-state index < -0.39 is 12.8 Å². The predicted molar refractivity (Wildman–Crippen MR) is 69.1 cm³/mol. The van der Waals surface area contributed by atoms with Gasteiger partial charge in [-0.05, 0) is 22.4 Å². The average molecular weight is 342 g/mol. The van der Waals surface area contributed by atoms with Gasteiger partial charge in [0.2, 0.25) is 0 Å². The fourth-order valence-electron chi connectivity index (χ4n) is 1.33. The summed E-state index contributed by atoms with van der Waals surface area (Å²) in [5.41, 5.74) is 0. The third kappa shape index (κ3) is 7.31. The Balaban J connectivity index is 2.36. The Morgan fingerprint density at radius 2 is 2.11 bits per heavy atom. The van der Waals surface area contributed by atoms with Gasteiger partial charge in [0, 0.05) is 19.0 Å². The van der Waals surface area contributed by atoms with Crippen molar-refractivity contribution in [3.05, 3.63) is 16.5 Å².